The van der Waals surface area contributed by atoms with E-state index in [0.717, 1.165) is 0 Å². The predicted molar refractivity (Wildman–Crippen MR) is 103 cm³/mol. The maximum Gasteiger partial charge on any atom is -0.147 e. The van der Waals surface area contributed by atoms with Crippen molar-refractivity contribution in [1.82, 2.24) is 0 Å². The molecule has 0 nitrogen and oxygen atoms in total. The molecule has 0 amide bonds. The molecule has 0 fully saturated rings. The summed E-state index contributed by atoms with van der Waals surface area (Å²) in [6.07, 6.45) is 10.8. The first-order valence-electron chi connectivity index (χ1n) is 7.36. The van der Waals surface area contributed by atoms with E-state index in [1.54, 1.807) is 14.4 Å². The Labute approximate surface area is 163 Å². The summed E-state index contributed by atoms with van der Waals surface area (Å²) >= 11 is -0.713. The van der Waals surface area contributed by atoms with E-state index in [2.05, 4.69) is 79.2 Å². The van der Waals surface area contributed by atoms with Crippen LogP contribution in [-0.2, 0) is 26.1 Å². The Balaban J connectivity index is 0.000000960. The Morgan fingerprint density at radius 3 is 2.43 bits per heavy atom. The average Bonchev–Trinajstić information content (AvgIpc) is 3.22. The molecule has 4 rings (SSSR count). The van der Waals surface area contributed by atoms with E-state index in [4.69, 9.17) is 0 Å². The smallest absolute Gasteiger partial charge is 0.147 e. The average molecular weight is 440 g/mol. The summed E-state index contributed by atoms with van der Waals surface area (Å²) in [5.74, 6) is 4.92. The van der Waals surface area contributed by atoms with E-state index >= 15 is 0 Å². The minimum absolute atomic E-state index is 0. The summed E-state index contributed by atoms with van der Waals surface area (Å²) in [7, 11) is -0.187. The van der Waals surface area contributed by atoms with Crippen LogP contribution in [0.1, 0.15) is 24.5 Å². The van der Waals surface area contributed by atoms with Crippen LogP contribution in [0.15, 0.2) is 75.1 Å². The topological polar surface area (TPSA) is 0 Å². The summed E-state index contributed by atoms with van der Waals surface area (Å²) in [5.41, 5.74) is 4.57. The largest absolute Gasteiger partial charge is 0.147 e. The number of rotatable bonds is 3. The van der Waals surface area contributed by atoms with Gasteiger partial charge in [0, 0.05) is 0 Å². The molecular formula is C19H19Cl2PZr. The van der Waals surface area contributed by atoms with Gasteiger partial charge in [0.2, 0.25) is 0 Å². The second-order valence-corrected chi connectivity index (χ2v) is 12.9. The van der Waals surface area contributed by atoms with Gasteiger partial charge < -0.3 is 0 Å². The van der Waals surface area contributed by atoms with Crippen molar-refractivity contribution in [3.05, 3.63) is 86.2 Å². The Morgan fingerprint density at radius 2 is 1.74 bits per heavy atom. The van der Waals surface area contributed by atoms with Crippen LogP contribution in [0.2, 0.25) is 0 Å². The van der Waals surface area contributed by atoms with Crippen molar-refractivity contribution in [3.8, 4) is 0 Å². The zero-order valence-corrected chi connectivity index (χ0v) is 17.9. The first-order chi connectivity index (χ1) is 10.3. The summed E-state index contributed by atoms with van der Waals surface area (Å²) in [4.78, 5) is 0. The van der Waals surface area contributed by atoms with Crippen molar-refractivity contribution in [3.63, 3.8) is 0 Å². The maximum absolute atomic E-state index is 2.55. The van der Waals surface area contributed by atoms with Gasteiger partial charge in [-0.3, -0.25) is 0 Å². The van der Waals surface area contributed by atoms with Crippen LogP contribution >= 0.6 is 32.3 Å². The van der Waals surface area contributed by atoms with Crippen LogP contribution in [-0.4, -0.2) is 0 Å². The third kappa shape index (κ3) is 3.27. The normalized spacial score (nSPS) is 20.9. The van der Waals surface area contributed by atoms with Gasteiger partial charge in [-0.1, -0.05) is 0 Å². The van der Waals surface area contributed by atoms with E-state index in [9.17, 15) is 0 Å². The monoisotopic (exact) mass is 438 g/mol. The van der Waals surface area contributed by atoms with Crippen LogP contribution in [0.4, 0.5) is 0 Å². The molecule has 0 radical (unpaired) electrons. The first-order valence-corrected chi connectivity index (χ1v) is 11.3. The zero-order chi connectivity index (χ0) is 14.3. The molecule has 1 unspecified atom stereocenters. The molecule has 1 atom stereocenters. The van der Waals surface area contributed by atoms with Crippen molar-refractivity contribution >= 4 is 38.4 Å². The third-order valence-corrected chi connectivity index (χ3v) is 13.4. The molecular weight excluding hydrogens is 421 g/mol. The van der Waals surface area contributed by atoms with Gasteiger partial charge in [-0.25, -0.2) is 0 Å². The molecule has 0 N–H and O–H groups in total. The molecule has 1 aromatic carbocycles. The number of hydrogen-bond acceptors (Lipinski definition) is 0. The Kier molecular flexibility index (Phi) is 6.37. The molecule has 2 aromatic rings. The number of fused-ring (bicyclic) bond motifs is 1. The fraction of sp³-hybridized carbons (Fsp3) is 0.158. The Morgan fingerprint density at radius 1 is 1.00 bits per heavy atom. The second-order valence-electron chi connectivity index (χ2n) is 5.67. The molecule has 0 aliphatic heterocycles. The summed E-state index contributed by atoms with van der Waals surface area (Å²) in [6, 6.07) is 13.5. The van der Waals surface area contributed by atoms with E-state index < -0.39 is 23.2 Å². The van der Waals surface area contributed by atoms with Crippen LogP contribution in [0.25, 0.3) is 6.08 Å². The van der Waals surface area contributed by atoms with Gasteiger partial charge >= 0.3 is 139 Å². The van der Waals surface area contributed by atoms with Crippen LogP contribution in [0, 0.1) is 0 Å². The van der Waals surface area contributed by atoms with Gasteiger partial charge in [0.15, 0.2) is 0 Å². The summed E-state index contributed by atoms with van der Waals surface area (Å²) in [6.45, 7) is 2.30. The molecule has 2 aliphatic carbocycles. The van der Waals surface area contributed by atoms with Crippen LogP contribution in [0.5, 0.6) is 0 Å². The molecule has 4 heteroatoms. The number of benzene rings is 1. The molecule has 2 aliphatic rings. The van der Waals surface area contributed by atoms with Crippen molar-refractivity contribution in [2.24, 2.45) is 0 Å². The SMILES string of the molecule is CC1=[C]([Zr][C]2(p3cccc3)C=Cc3ccccc32)CC=C1.Cl.Cl. The fourth-order valence-electron chi connectivity index (χ4n) is 3.25. The fourth-order valence-corrected chi connectivity index (χ4v) is 11.8. The summed E-state index contributed by atoms with van der Waals surface area (Å²) in [5, 5.41) is 0. The predicted octanol–water partition coefficient (Wildman–Crippen LogP) is 6.56. The van der Waals surface area contributed by atoms with Gasteiger partial charge in [-0.2, -0.15) is 0 Å². The van der Waals surface area contributed by atoms with E-state index in [0.29, 0.717) is 2.86 Å². The number of halogens is 2. The molecule has 0 spiro atoms. The van der Waals surface area contributed by atoms with Gasteiger partial charge in [0.05, 0.1) is 0 Å². The molecule has 23 heavy (non-hydrogen) atoms. The standard InChI is InChI=1S/C13H10P.C6H7.2ClH.Zr/c1-2-6-12-11(5-1)7-8-13(12)14-9-3-4-10-14;1-6-4-2-3-5-6;;;/h1-10H;2,4H,3H2,1H3;2*1H;. The number of allylic oxidation sites excluding steroid dienone is 5. The van der Waals surface area contributed by atoms with E-state index in [1.165, 1.54) is 12.0 Å². The maximum atomic E-state index is 2.55. The van der Waals surface area contributed by atoms with Crippen molar-refractivity contribution in [1.29, 1.82) is 0 Å². The Bertz CT molecular complexity index is 774. The van der Waals surface area contributed by atoms with Gasteiger partial charge in [0.25, 0.3) is 0 Å². The second kappa shape index (κ2) is 7.71. The van der Waals surface area contributed by atoms with Crippen molar-refractivity contribution < 1.29 is 23.2 Å². The van der Waals surface area contributed by atoms with E-state index in [-0.39, 0.29) is 32.3 Å². The van der Waals surface area contributed by atoms with E-state index in [1.807, 2.05) is 0 Å². The third-order valence-electron chi connectivity index (χ3n) is 4.39. The first kappa shape index (κ1) is 19.0. The number of hydrogen-bond donors (Lipinski definition) is 0. The molecule has 1 aromatic heterocycles. The van der Waals surface area contributed by atoms with Crippen LogP contribution in [0.3, 0.4) is 0 Å². The molecule has 1 heterocycles. The van der Waals surface area contributed by atoms with Gasteiger partial charge in [-0.15, -0.1) is 24.8 Å². The van der Waals surface area contributed by atoms with Crippen molar-refractivity contribution in [2.75, 3.05) is 0 Å². The zero-order valence-electron chi connectivity index (χ0n) is 12.9. The molecule has 0 saturated heterocycles. The molecule has 0 bridgehead atoms. The minimum Gasteiger partial charge on any atom is -0.147 e. The quantitative estimate of drug-likeness (QED) is 0.507. The minimum atomic E-state index is -0.713. The van der Waals surface area contributed by atoms with Crippen LogP contribution < -0.4 is 0 Å². The molecule has 118 valence electrons. The molecule has 0 saturated carbocycles. The van der Waals surface area contributed by atoms with Gasteiger partial charge in [-0.05, 0) is 0 Å². The van der Waals surface area contributed by atoms with Crippen molar-refractivity contribution in [2.45, 2.75) is 16.2 Å². The van der Waals surface area contributed by atoms with Gasteiger partial charge in [0.1, 0.15) is 0 Å². The Hall–Kier alpha value is -0.317. The summed E-state index contributed by atoms with van der Waals surface area (Å²) < 4.78 is 2.11.